The van der Waals surface area contributed by atoms with E-state index in [1.165, 1.54) is 0 Å². The molecule has 5 N–H and O–H groups in total. The van der Waals surface area contributed by atoms with Crippen molar-refractivity contribution in [3.05, 3.63) is 85.1 Å². The Labute approximate surface area is 185 Å². The number of aromatic nitrogens is 2. The molecule has 0 spiro atoms. The molecule has 0 fully saturated rings. The lowest BCUT2D eigenvalue weighted by molar-refractivity contribution is 0.438. The molecular formula is C22H13Cl2N5O2. The number of anilines is 2. The molecule has 1 unspecified atom stereocenters. The van der Waals surface area contributed by atoms with Crippen molar-refractivity contribution in [2.24, 2.45) is 0 Å². The van der Waals surface area contributed by atoms with Gasteiger partial charge in [0.25, 0.3) is 5.56 Å². The van der Waals surface area contributed by atoms with E-state index in [4.69, 9.17) is 39.4 Å². The second-order valence-corrected chi connectivity index (χ2v) is 7.88. The summed E-state index contributed by atoms with van der Waals surface area (Å²) in [5.41, 5.74) is 14.0. The number of hydrogen-bond donors (Lipinski definition) is 3. The largest absolute Gasteiger partial charge is 0.437 e. The minimum atomic E-state index is -0.706. The summed E-state index contributed by atoms with van der Waals surface area (Å²) in [6, 6.07) is 14.3. The van der Waals surface area contributed by atoms with Crippen LogP contribution in [0.2, 0.25) is 10.0 Å². The fourth-order valence-corrected chi connectivity index (χ4v) is 4.26. The van der Waals surface area contributed by atoms with E-state index in [1.54, 1.807) is 24.3 Å². The molecule has 0 amide bonds. The Balaban J connectivity index is 1.93. The van der Waals surface area contributed by atoms with Crippen LogP contribution in [-0.2, 0) is 0 Å². The molecule has 7 nitrogen and oxygen atoms in total. The Kier molecular flexibility index (Phi) is 4.29. The first-order valence-corrected chi connectivity index (χ1v) is 9.93. The van der Waals surface area contributed by atoms with Gasteiger partial charge in [-0.05, 0) is 29.8 Å². The van der Waals surface area contributed by atoms with Crippen molar-refractivity contribution in [2.75, 3.05) is 11.5 Å². The Morgan fingerprint density at radius 1 is 1.10 bits per heavy atom. The SMILES string of the molecule is N#Cc1c(N)nc2c(c1N)C(c1ccc(Cl)c(Cl)c1)c1c(c3ccccc3[nH]c1=O)O2. The van der Waals surface area contributed by atoms with Crippen LogP contribution >= 0.6 is 23.2 Å². The molecule has 1 aliphatic rings. The predicted molar refractivity (Wildman–Crippen MR) is 120 cm³/mol. The molecule has 0 aliphatic carbocycles. The van der Waals surface area contributed by atoms with Crippen molar-refractivity contribution in [3.63, 3.8) is 0 Å². The maximum Gasteiger partial charge on any atom is 0.256 e. The number of fused-ring (bicyclic) bond motifs is 4. The van der Waals surface area contributed by atoms with Gasteiger partial charge in [-0.25, -0.2) is 0 Å². The van der Waals surface area contributed by atoms with E-state index in [0.717, 1.165) is 0 Å². The first-order valence-electron chi connectivity index (χ1n) is 9.17. The number of nitriles is 1. The molecule has 1 atom stereocenters. The number of H-pyrrole nitrogens is 1. The monoisotopic (exact) mass is 449 g/mol. The summed E-state index contributed by atoms with van der Waals surface area (Å²) in [4.78, 5) is 20.4. The second-order valence-electron chi connectivity index (χ2n) is 7.07. The van der Waals surface area contributed by atoms with E-state index in [2.05, 4.69) is 9.97 Å². The summed E-state index contributed by atoms with van der Waals surface area (Å²) in [6.45, 7) is 0. The lowest BCUT2D eigenvalue weighted by Crippen LogP contribution is -2.25. The fourth-order valence-electron chi connectivity index (χ4n) is 3.95. The number of ether oxygens (including phenoxy) is 1. The van der Waals surface area contributed by atoms with Gasteiger partial charge >= 0.3 is 0 Å². The number of nitrogen functional groups attached to an aromatic ring is 2. The lowest BCUT2D eigenvalue weighted by atomic mass is 9.82. The first kappa shape index (κ1) is 19.2. The highest BCUT2D eigenvalue weighted by Crippen LogP contribution is 2.51. The summed E-state index contributed by atoms with van der Waals surface area (Å²) < 4.78 is 6.08. The van der Waals surface area contributed by atoms with Gasteiger partial charge in [0.2, 0.25) is 5.88 Å². The third-order valence-electron chi connectivity index (χ3n) is 5.34. The van der Waals surface area contributed by atoms with Gasteiger partial charge in [0.15, 0.2) is 0 Å². The number of nitrogens with zero attached hydrogens (tertiary/aromatic N) is 2. The van der Waals surface area contributed by atoms with Gasteiger partial charge in [-0.3, -0.25) is 4.79 Å². The minimum absolute atomic E-state index is 0.0214. The average molecular weight is 450 g/mol. The highest BCUT2D eigenvalue weighted by atomic mass is 35.5. The number of aromatic amines is 1. The Morgan fingerprint density at radius 3 is 2.61 bits per heavy atom. The van der Waals surface area contributed by atoms with E-state index in [-0.39, 0.29) is 28.5 Å². The van der Waals surface area contributed by atoms with E-state index in [9.17, 15) is 10.1 Å². The molecule has 3 heterocycles. The number of pyridine rings is 2. The van der Waals surface area contributed by atoms with Gasteiger partial charge in [-0.1, -0.05) is 41.4 Å². The van der Waals surface area contributed by atoms with Crippen LogP contribution in [-0.4, -0.2) is 9.97 Å². The molecule has 5 rings (SSSR count). The van der Waals surface area contributed by atoms with E-state index >= 15 is 0 Å². The number of para-hydroxylation sites is 1. The summed E-state index contributed by atoms with van der Waals surface area (Å²) >= 11 is 12.4. The van der Waals surface area contributed by atoms with Crippen LogP contribution in [0, 0.1) is 11.3 Å². The highest BCUT2D eigenvalue weighted by Gasteiger charge is 2.37. The number of rotatable bonds is 1. The third-order valence-corrected chi connectivity index (χ3v) is 6.08. The number of hydrogen-bond acceptors (Lipinski definition) is 6. The van der Waals surface area contributed by atoms with Crippen LogP contribution in [0.5, 0.6) is 11.6 Å². The van der Waals surface area contributed by atoms with Crippen LogP contribution in [0.3, 0.4) is 0 Å². The zero-order valence-electron chi connectivity index (χ0n) is 15.7. The molecule has 0 bridgehead atoms. The van der Waals surface area contributed by atoms with Crippen molar-refractivity contribution in [1.29, 1.82) is 5.26 Å². The van der Waals surface area contributed by atoms with E-state index in [1.807, 2.05) is 24.3 Å². The number of nitrogens with two attached hydrogens (primary N) is 2. The number of nitrogens with one attached hydrogen (secondary N) is 1. The molecule has 152 valence electrons. The zero-order chi connectivity index (χ0) is 21.9. The predicted octanol–water partition coefficient (Wildman–Crippen LogP) is 4.55. The number of halogens is 2. The molecule has 0 radical (unpaired) electrons. The highest BCUT2D eigenvalue weighted by molar-refractivity contribution is 6.42. The first-order chi connectivity index (χ1) is 14.9. The summed E-state index contributed by atoms with van der Waals surface area (Å²) in [6.07, 6.45) is 0. The van der Waals surface area contributed by atoms with Crippen LogP contribution < -0.4 is 21.8 Å². The normalized spacial score (nSPS) is 14.4. The number of benzene rings is 2. The summed E-state index contributed by atoms with van der Waals surface area (Å²) in [5.74, 6) is -0.279. The molecule has 4 aromatic rings. The van der Waals surface area contributed by atoms with Crippen LogP contribution in [0.25, 0.3) is 10.9 Å². The molecule has 1 aliphatic heterocycles. The maximum absolute atomic E-state index is 13.2. The molecule has 9 heteroatoms. The Morgan fingerprint density at radius 2 is 1.87 bits per heavy atom. The zero-order valence-corrected chi connectivity index (χ0v) is 17.3. The molecule has 0 saturated carbocycles. The quantitative estimate of drug-likeness (QED) is 0.343. The van der Waals surface area contributed by atoms with Gasteiger partial charge in [-0.15, -0.1) is 0 Å². The molecule has 0 saturated heterocycles. The van der Waals surface area contributed by atoms with Crippen LogP contribution in [0.4, 0.5) is 11.5 Å². The van der Waals surface area contributed by atoms with Gasteiger partial charge in [-0.2, -0.15) is 10.2 Å². The van der Waals surface area contributed by atoms with Gasteiger partial charge in [0.05, 0.1) is 38.3 Å². The molecule has 2 aromatic carbocycles. The van der Waals surface area contributed by atoms with Crippen molar-refractivity contribution in [2.45, 2.75) is 5.92 Å². The smallest absolute Gasteiger partial charge is 0.256 e. The van der Waals surface area contributed by atoms with Crippen LogP contribution in [0.1, 0.15) is 28.2 Å². The summed E-state index contributed by atoms with van der Waals surface area (Å²) in [5, 5.41) is 10.9. The molecule has 31 heavy (non-hydrogen) atoms. The van der Waals surface area contributed by atoms with Crippen molar-refractivity contribution in [1.82, 2.24) is 9.97 Å². The van der Waals surface area contributed by atoms with E-state index < -0.39 is 5.92 Å². The van der Waals surface area contributed by atoms with Gasteiger partial charge in [0.1, 0.15) is 23.2 Å². The van der Waals surface area contributed by atoms with Gasteiger partial charge < -0.3 is 21.2 Å². The lowest BCUT2D eigenvalue weighted by Gasteiger charge is -2.29. The minimum Gasteiger partial charge on any atom is -0.437 e. The van der Waals surface area contributed by atoms with Gasteiger partial charge in [0, 0.05) is 5.39 Å². The standard InChI is InChI=1S/C22H13Cl2N5O2/c23-12-6-5-9(7-13(12)24)15-16-18(26)11(8-25)20(27)29-22(16)31-19-10-3-1-2-4-14(10)28-21(30)17(15)19/h1-7,15H,(H,28,30)(H4,26,27,29). The van der Waals surface area contributed by atoms with E-state index in [0.29, 0.717) is 43.4 Å². The maximum atomic E-state index is 13.2. The average Bonchev–Trinajstić information content (AvgIpc) is 2.75. The van der Waals surface area contributed by atoms with Crippen molar-refractivity contribution in [3.8, 4) is 17.7 Å². The topological polar surface area (TPSA) is 131 Å². The molecular weight excluding hydrogens is 437 g/mol. The fraction of sp³-hybridized carbons (Fsp3) is 0.0455. The Hall–Kier alpha value is -3.73. The second kappa shape index (κ2) is 6.91. The van der Waals surface area contributed by atoms with Crippen LogP contribution in [0.15, 0.2) is 47.3 Å². The Bertz CT molecular complexity index is 1510. The van der Waals surface area contributed by atoms with Crippen molar-refractivity contribution < 1.29 is 4.74 Å². The third kappa shape index (κ3) is 2.81. The molecule has 2 aromatic heterocycles. The summed E-state index contributed by atoms with van der Waals surface area (Å²) in [7, 11) is 0. The van der Waals surface area contributed by atoms with Crippen molar-refractivity contribution >= 4 is 45.6 Å².